The second kappa shape index (κ2) is 44.0. The van der Waals surface area contributed by atoms with Crippen LogP contribution in [0, 0.1) is 0 Å². The van der Waals surface area contributed by atoms with Crippen molar-refractivity contribution in [1.82, 2.24) is 64.7 Å². The highest BCUT2D eigenvalue weighted by molar-refractivity contribution is 7.89. The first kappa shape index (κ1) is 89.0. The number of H-pyrrole nitrogens is 1. The second-order valence-corrected chi connectivity index (χ2v) is 27.3. The summed E-state index contributed by atoms with van der Waals surface area (Å²) in [6, 6.07) is 13.2. The maximum atomic E-state index is 13.3. The highest BCUT2D eigenvalue weighted by Gasteiger charge is 2.54. The number of aliphatic carboxylic acids is 5. The van der Waals surface area contributed by atoms with Gasteiger partial charge in [0.2, 0.25) is 31.9 Å². The SMILES string of the molecule is O=C(C(=O)C(F)(F)F)C(F)(F)F.O=C(O)CN1CCN(CC(=O)O)CCN(CC(=O)N[C@@H](CCC(=O)NCCCOCCOCCOCCCNS(=O)(=O)c2ccc(-c3ccc(S(=O)(=O)N[C@@H](CNC(=O)c4ccc5c(cnn5CCCNc5ncc[nH]5)c4)C(=O)O)cc3)cc2)C(=O)O)CCN(CC(=O)O)CC1. The van der Waals surface area contributed by atoms with E-state index in [4.69, 9.17) is 14.2 Å². The average Bonchev–Trinajstić information content (AvgIpc) is 0.846. The number of aromatic nitrogens is 4. The summed E-state index contributed by atoms with van der Waals surface area (Å²) in [7, 11) is -8.29. The molecule has 1 aliphatic heterocycles. The van der Waals surface area contributed by atoms with Crippen molar-refractivity contribution in [3.8, 4) is 11.1 Å². The molecule has 3 amide bonds. The van der Waals surface area contributed by atoms with Crippen molar-refractivity contribution >= 4 is 96.0 Å². The number of alkyl halides is 6. The van der Waals surface area contributed by atoms with Gasteiger partial charge in [0, 0.05) is 128 Å². The number of carbonyl (C=O) groups is 10. The third-order valence-electron chi connectivity index (χ3n) is 15.6. The number of carboxylic acid groups (broad SMARTS) is 5. The number of carbonyl (C=O) groups excluding carboxylic acids is 5. The van der Waals surface area contributed by atoms with E-state index in [1.54, 1.807) is 73.2 Å². The van der Waals surface area contributed by atoms with Crippen LogP contribution in [0.15, 0.2) is 95.1 Å². The molecular formula is C64H84F6N14O22S2. The van der Waals surface area contributed by atoms with E-state index in [1.807, 2.05) is 0 Å². The van der Waals surface area contributed by atoms with Gasteiger partial charge in [0.15, 0.2) is 5.95 Å². The summed E-state index contributed by atoms with van der Waals surface area (Å²) in [5.41, 5.74) is 2.13. The van der Waals surface area contributed by atoms with Crippen molar-refractivity contribution in [2.75, 3.05) is 150 Å². The van der Waals surface area contributed by atoms with Crippen LogP contribution in [0.3, 0.4) is 0 Å². The van der Waals surface area contributed by atoms with E-state index in [0.717, 1.165) is 11.9 Å². The van der Waals surface area contributed by atoms with Crippen molar-refractivity contribution in [2.24, 2.45) is 0 Å². The number of benzene rings is 3. The molecule has 2 aromatic heterocycles. The van der Waals surface area contributed by atoms with Crippen LogP contribution in [0.25, 0.3) is 22.0 Å². The molecule has 3 heterocycles. The number of nitrogens with one attached hydrogen (secondary N) is 7. The van der Waals surface area contributed by atoms with Gasteiger partial charge in [0.05, 0.1) is 74.1 Å². The summed E-state index contributed by atoms with van der Waals surface area (Å²) in [6.07, 6.45) is -5.46. The zero-order valence-electron chi connectivity index (χ0n) is 57.9. The smallest absolute Gasteiger partial charge is 0.458 e. The van der Waals surface area contributed by atoms with Gasteiger partial charge < -0.3 is 66.0 Å². The molecule has 6 rings (SSSR count). The summed E-state index contributed by atoms with van der Waals surface area (Å²) in [6.45, 7) is 2.56. The molecule has 0 unspecified atom stereocenters. The first-order valence-electron chi connectivity index (χ1n) is 33.2. The first-order chi connectivity index (χ1) is 51.0. The maximum Gasteiger partial charge on any atom is 0.458 e. The zero-order valence-corrected chi connectivity index (χ0v) is 59.6. The lowest BCUT2D eigenvalue weighted by atomic mass is 10.1. The fraction of sp³-hybridized carbons (Fsp3) is 0.500. The number of amides is 3. The van der Waals surface area contributed by atoms with E-state index >= 15 is 0 Å². The van der Waals surface area contributed by atoms with Gasteiger partial charge in [-0.15, -0.1) is 0 Å². The number of rotatable bonds is 43. The van der Waals surface area contributed by atoms with Crippen molar-refractivity contribution in [1.29, 1.82) is 0 Å². The Morgan fingerprint density at radius 3 is 1.48 bits per heavy atom. The highest BCUT2D eigenvalue weighted by Crippen LogP contribution is 2.26. The Labute approximate surface area is 613 Å². The Morgan fingerprint density at radius 2 is 1.02 bits per heavy atom. The lowest BCUT2D eigenvalue weighted by Crippen LogP contribution is -2.51. The summed E-state index contributed by atoms with van der Waals surface area (Å²) < 4.78 is 143. The quantitative estimate of drug-likeness (QED) is 0.0143. The summed E-state index contributed by atoms with van der Waals surface area (Å²) in [4.78, 5) is 130. The number of ether oxygens (including phenoxy) is 3. The number of nitrogens with zero attached hydrogens (tertiary/aromatic N) is 7. The molecule has 36 nitrogen and oxygen atoms in total. The maximum absolute atomic E-state index is 13.3. The molecule has 0 saturated carbocycles. The van der Waals surface area contributed by atoms with Gasteiger partial charge in [-0.3, -0.25) is 67.4 Å². The molecule has 0 radical (unpaired) electrons. The fourth-order valence-corrected chi connectivity index (χ4v) is 12.4. The molecule has 44 heteroatoms. The van der Waals surface area contributed by atoms with Crippen molar-refractivity contribution in [2.45, 2.75) is 72.9 Å². The minimum atomic E-state index is -5.77. The topological polar surface area (TPSA) is 499 Å². The number of carboxylic acids is 5. The van der Waals surface area contributed by atoms with E-state index < -0.39 is 110 Å². The summed E-state index contributed by atoms with van der Waals surface area (Å²) >= 11 is 0. The van der Waals surface area contributed by atoms with Crippen LogP contribution in [-0.2, 0) is 84.0 Å². The number of imidazole rings is 1. The van der Waals surface area contributed by atoms with Gasteiger partial charge in [0.25, 0.3) is 5.91 Å². The lowest BCUT2D eigenvalue weighted by molar-refractivity contribution is -0.193. The number of fused-ring (bicyclic) bond motifs is 1. The average molecular weight is 1580 g/mol. The van der Waals surface area contributed by atoms with Gasteiger partial charge in [-0.2, -0.15) is 36.2 Å². The number of anilines is 1. The molecule has 0 bridgehead atoms. The van der Waals surface area contributed by atoms with Crippen LogP contribution >= 0.6 is 0 Å². The molecule has 1 saturated heterocycles. The van der Waals surface area contributed by atoms with Crippen molar-refractivity contribution in [3.63, 3.8) is 0 Å². The summed E-state index contributed by atoms with van der Waals surface area (Å²) in [5.74, 6) is -14.1. The molecule has 3 aromatic carbocycles. The molecule has 108 heavy (non-hydrogen) atoms. The van der Waals surface area contributed by atoms with Crippen LogP contribution in [-0.4, -0.2) is 310 Å². The van der Waals surface area contributed by atoms with E-state index in [-0.39, 0.29) is 159 Å². The number of hydrogen-bond donors (Lipinski definition) is 12. The number of ketones is 2. The van der Waals surface area contributed by atoms with Gasteiger partial charge >= 0.3 is 53.8 Å². The Morgan fingerprint density at radius 1 is 0.546 bits per heavy atom. The predicted octanol–water partition coefficient (Wildman–Crippen LogP) is 0.389. The van der Waals surface area contributed by atoms with Gasteiger partial charge in [-0.05, 0) is 79.3 Å². The molecule has 1 aliphatic rings. The molecule has 0 spiro atoms. The largest absolute Gasteiger partial charge is 0.480 e. The van der Waals surface area contributed by atoms with E-state index in [0.29, 0.717) is 48.4 Å². The lowest BCUT2D eigenvalue weighted by Gasteiger charge is -2.33. The predicted molar refractivity (Wildman–Crippen MR) is 367 cm³/mol. The van der Waals surface area contributed by atoms with Crippen molar-refractivity contribution in [3.05, 3.63) is 90.9 Å². The minimum absolute atomic E-state index is 0.00680. The van der Waals surface area contributed by atoms with E-state index in [1.165, 1.54) is 36.4 Å². The molecule has 5 aromatic rings. The van der Waals surface area contributed by atoms with Gasteiger partial charge in [0.1, 0.15) is 12.1 Å². The number of aromatic amines is 1. The van der Waals surface area contributed by atoms with Crippen LogP contribution in [0.5, 0.6) is 0 Å². The van der Waals surface area contributed by atoms with E-state index in [2.05, 4.69) is 45.8 Å². The Balaban J connectivity index is 0.00000159. The Hall–Kier alpha value is -9.64. The Kier molecular flexibility index (Phi) is 36.2. The van der Waals surface area contributed by atoms with Crippen molar-refractivity contribution < 1.29 is 131 Å². The first-order valence-corrected chi connectivity index (χ1v) is 36.2. The zero-order chi connectivity index (χ0) is 79.6. The Bertz CT molecular complexity index is 3970. The second-order valence-electron chi connectivity index (χ2n) is 23.9. The normalized spacial score (nSPS) is 14.6. The molecule has 12 N–H and O–H groups in total. The van der Waals surface area contributed by atoms with Crippen LogP contribution in [0.4, 0.5) is 32.3 Å². The summed E-state index contributed by atoms with van der Waals surface area (Å²) in [5, 5.41) is 63.9. The van der Waals surface area contributed by atoms with Crippen LogP contribution in [0.1, 0.15) is 42.5 Å². The number of Topliss-reactive ketones (excluding diaryl/α,β-unsaturated/α-hetero) is 2. The minimum Gasteiger partial charge on any atom is -0.480 e. The molecule has 1 fully saturated rings. The molecule has 0 aliphatic carbocycles. The standard InChI is InChI=1S/C60H84N14O20S2.C4F6O2/c75-52(15-13-49(58(84)85)68-53(76)39-70-22-24-71(40-54(77)78)26-28-73(42-56(81)82)29-27-72(25-23-70)41-55(79)80)61-17-2-30-92-32-34-94-35-33-93-31-3-18-67-95(88,89)47-9-4-43(5-10-47)44-6-11-48(12-7-44)96(90,91)69-50(59(86)87)38-65-57(83)45-8-14-51-46(36-45)37-66-74(51)21-1-16-62-60-63-19-20-64-60;5-3(6,7)1(11)2(12)4(8,9)10/h4-12,14,19-20,36-37,49-50,67,69H,1-3,13,15-18,21-35,38-42H2,(H,61,75)(H,65,83)(H,68,76)(H,77,78)(H,79,80)(H,81,82)(H,84,85)(H,86,87)(H2,62,63,64);/t49-,50-;/m0./s1. The molecule has 596 valence electrons. The third-order valence-corrected chi connectivity index (χ3v) is 18.6. The highest BCUT2D eigenvalue weighted by atomic mass is 32.2. The van der Waals surface area contributed by atoms with Gasteiger partial charge in [-0.1, -0.05) is 24.3 Å². The monoisotopic (exact) mass is 1580 g/mol. The number of hydrogen-bond acceptors (Lipinski definition) is 24. The van der Waals surface area contributed by atoms with Crippen LogP contribution < -0.4 is 30.7 Å². The number of aryl methyl sites for hydroxylation is 1. The molecular weight excluding hydrogens is 1490 g/mol. The fourth-order valence-electron chi connectivity index (χ4n) is 10.1. The number of sulfonamides is 2. The number of halogens is 6. The van der Waals surface area contributed by atoms with Gasteiger partial charge in [-0.25, -0.2) is 31.3 Å². The third kappa shape index (κ3) is 32.4. The van der Waals surface area contributed by atoms with Crippen LogP contribution in [0.2, 0.25) is 0 Å². The molecule has 2 atom stereocenters. The van der Waals surface area contributed by atoms with E-state index in [9.17, 15) is 117 Å².